The molecule has 2 saturated heterocycles. The van der Waals surface area contributed by atoms with Gasteiger partial charge in [0.25, 0.3) is 0 Å². The van der Waals surface area contributed by atoms with Crippen molar-refractivity contribution >= 4 is 22.5 Å². The molecule has 0 aromatic heterocycles. The van der Waals surface area contributed by atoms with Crippen LogP contribution in [0.1, 0.15) is 17.4 Å². The highest BCUT2D eigenvalue weighted by atomic mass is 32.2. The molecule has 2 aliphatic rings. The molecule has 0 unspecified atom stereocenters. The van der Waals surface area contributed by atoms with Gasteiger partial charge >= 0.3 is 0 Å². The van der Waals surface area contributed by atoms with Gasteiger partial charge in [0.2, 0.25) is 0 Å². The van der Waals surface area contributed by atoms with Gasteiger partial charge in [0, 0.05) is 10.5 Å². The Kier molecular flexibility index (Phi) is 7.05. The molecule has 2 aliphatic heterocycles. The first-order chi connectivity index (χ1) is 17.7. The summed E-state index contributed by atoms with van der Waals surface area (Å²) in [6.07, 6.45) is -2.81. The van der Waals surface area contributed by atoms with Gasteiger partial charge in [-0.3, -0.25) is 0 Å². The normalized spacial score (nSPS) is 28.0. The van der Waals surface area contributed by atoms with Gasteiger partial charge in [-0.15, -0.1) is 0 Å². The van der Waals surface area contributed by atoms with Gasteiger partial charge in [-0.05, 0) is 34.5 Å². The van der Waals surface area contributed by atoms with Crippen LogP contribution in [0.4, 0.5) is 0 Å². The summed E-state index contributed by atoms with van der Waals surface area (Å²) >= 11 is 1.49. The van der Waals surface area contributed by atoms with Crippen LogP contribution >= 0.6 is 11.8 Å². The van der Waals surface area contributed by atoms with Crippen molar-refractivity contribution in [2.45, 2.75) is 47.6 Å². The molecule has 0 saturated carbocycles. The van der Waals surface area contributed by atoms with Crippen molar-refractivity contribution in [1.82, 2.24) is 0 Å². The predicted octanol–water partition coefficient (Wildman–Crippen LogP) is 5.72. The second-order valence-corrected chi connectivity index (χ2v) is 10.3. The number of fused-ring (bicyclic) bond motifs is 2. The van der Waals surface area contributed by atoms with E-state index in [1.54, 1.807) is 0 Å². The molecular formula is C30H28O5S. The average molecular weight is 501 g/mol. The molecule has 1 N–H and O–H groups in total. The Morgan fingerprint density at radius 3 is 2.33 bits per heavy atom. The van der Waals surface area contributed by atoms with Gasteiger partial charge < -0.3 is 24.1 Å². The Hall–Kier alpha value is -2.71. The molecule has 0 aliphatic carbocycles. The van der Waals surface area contributed by atoms with Crippen molar-refractivity contribution < 1.29 is 24.1 Å². The number of ether oxygens (including phenoxy) is 4. The van der Waals surface area contributed by atoms with Crippen molar-refractivity contribution in [3.63, 3.8) is 0 Å². The summed E-state index contributed by atoms with van der Waals surface area (Å²) < 4.78 is 25.1. The highest BCUT2D eigenvalue weighted by molar-refractivity contribution is 7.99. The summed E-state index contributed by atoms with van der Waals surface area (Å²) in [5.74, 6) is 0. The molecule has 0 spiro atoms. The first-order valence-corrected chi connectivity index (χ1v) is 13.1. The Morgan fingerprint density at radius 2 is 1.53 bits per heavy atom. The summed E-state index contributed by atoms with van der Waals surface area (Å²) in [5, 5.41) is 13.8. The fourth-order valence-corrected chi connectivity index (χ4v) is 5.86. The van der Waals surface area contributed by atoms with E-state index >= 15 is 0 Å². The van der Waals surface area contributed by atoms with E-state index < -0.39 is 30.0 Å². The Morgan fingerprint density at radius 1 is 0.806 bits per heavy atom. The van der Waals surface area contributed by atoms with Gasteiger partial charge in [0.05, 0.1) is 13.2 Å². The highest BCUT2D eigenvalue weighted by Gasteiger charge is 2.50. The third-order valence-corrected chi connectivity index (χ3v) is 7.80. The lowest BCUT2D eigenvalue weighted by Crippen LogP contribution is -2.61. The van der Waals surface area contributed by atoms with Crippen molar-refractivity contribution in [2.75, 3.05) is 6.61 Å². The minimum atomic E-state index is -0.883. The van der Waals surface area contributed by atoms with E-state index in [-0.39, 0.29) is 6.10 Å². The maximum atomic E-state index is 11.4. The zero-order valence-electron chi connectivity index (χ0n) is 19.7. The molecule has 6 rings (SSSR count). The van der Waals surface area contributed by atoms with E-state index in [1.165, 1.54) is 17.1 Å². The van der Waals surface area contributed by atoms with Gasteiger partial charge in [-0.1, -0.05) is 96.7 Å². The molecule has 0 bridgehead atoms. The zero-order chi connectivity index (χ0) is 24.3. The van der Waals surface area contributed by atoms with E-state index in [4.69, 9.17) is 18.9 Å². The van der Waals surface area contributed by atoms with Crippen LogP contribution in [0.2, 0.25) is 0 Å². The quantitative estimate of drug-likeness (QED) is 0.366. The molecule has 6 heteroatoms. The van der Waals surface area contributed by atoms with Crippen molar-refractivity contribution in [3.8, 4) is 0 Å². The number of hydrogen-bond donors (Lipinski definition) is 1. The van der Waals surface area contributed by atoms with Crippen molar-refractivity contribution in [3.05, 3.63) is 114 Å². The van der Waals surface area contributed by atoms with Crippen LogP contribution in [0.15, 0.2) is 108 Å². The van der Waals surface area contributed by atoms with E-state index in [9.17, 15) is 5.11 Å². The molecule has 0 amide bonds. The summed E-state index contributed by atoms with van der Waals surface area (Å²) in [7, 11) is 0. The first-order valence-electron chi connectivity index (χ1n) is 12.2. The molecule has 0 radical (unpaired) electrons. The SMILES string of the molecule is O[C@@H]1[C@@H](OCc2ccc3ccccc3c2)[C@H]2O[C@@H](c3ccccc3)OC[C@H]2O[C@H]1Sc1ccccc1. The Labute approximate surface area is 215 Å². The highest BCUT2D eigenvalue weighted by Crippen LogP contribution is 2.40. The van der Waals surface area contributed by atoms with Crippen LogP contribution in [-0.2, 0) is 25.6 Å². The van der Waals surface area contributed by atoms with Crippen molar-refractivity contribution in [2.24, 2.45) is 0 Å². The first kappa shape index (κ1) is 23.7. The molecule has 184 valence electrons. The van der Waals surface area contributed by atoms with Crippen LogP contribution in [0.5, 0.6) is 0 Å². The average Bonchev–Trinajstić information content (AvgIpc) is 2.94. The molecule has 2 heterocycles. The van der Waals surface area contributed by atoms with Crippen LogP contribution in [0, 0.1) is 0 Å². The standard InChI is InChI=1S/C30H28O5S/c31-26-28(32-18-20-15-16-21-9-7-8-12-23(21)17-20)27-25(34-30(26)36-24-13-5-2-6-14-24)19-33-29(35-27)22-10-3-1-4-11-22/h1-17,25-31H,18-19H2/t25-,26-,27+,28-,29+,30+/m1/s1. The lowest BCUT2D eigenvalue weighted by molar-refractivity contribution is -0.325. The summed E-state index contributed by atoms with van der Waals surface area (Å²) in [6.45, 7) is 0.720. The lowest BCUT2D eigenvalue weighted by Gasteiger charge is -2.47. The van der Waals surface area contributed by atoms with Crippen LogP contribution < -0.4 is 0 Å². The number of benzene rings is 4. The Balaban J connectivity index is 1.24. The monoisotopic (exact) mass is 500 g/mol. The number of rotatable bonds is 6. The largest absolute Gasteiger partial charge is 0.387 e. The van der Waals surface area contributed by atoms with Gasteiger partial charge in [-0.25, -0.2) is 0 Å². The Bertz CT molecular complexity index is 1280. The maximum absolute atomic E-state index is 11.4. The third kappa shape index (κ3) is 5.06. The fourth-order valence-electron chi connectivity index (χ4n) is 4.78. The predicted molar refractivity (Wildman–Crippen MR) is 139 cm³/mol. The van der Waals surface area contributed by atoms with Crippen LogP contribution in [0.3, 0.4) is 0 Å². The molecule has 6 atom stereocenters. The summed E-state index contributed by atoms with van der Waals surface area (Å²) in [6, 6.07) is 34.3. The summed E-state index contributed by atoms with van der Waals surface area (Å²) in [4.78, 5) is 1.02. The molecule has 2 fully saturated rings. The van der Waals surface area contributed by atoms with Gasteiger partial charge in [0.15, 0.2) is 6.29 Å². The van der Waals surface area contributed by atoms with E-state index in [0.29, 0.717) is 13.2 Å². The minimum absolute atomic E-state index is 0.351. The van der Waals surface area contributed by atoms with Gasteiger partial charge in [-0.2, -0.15) is 0 Å². The van der Waals surface area contributed by atoms with E-state index in [1.807, 2.05) is 72.8 Å². The minimum Gasteiger partial charge on any atom is -0.387 e. The maximum Gasteiger partial charge on any atom is 0.184 e. The molecule has 5 nitrogen and oxygen atoms in total. The third-order valence-electron chi connectivity index (χ3n) is 6.63. The lowest BCUT2D eigenvalue weighted by atomic mass is 9.98. The molecule has 36 heavy (non-hydrogen) atoms. The second kappa shape index (κ2) is 10.7. The molecular weight excluding hydrogens is 472 g/mol. The molecule has 4 aromatic carbocycles. The van der Waals surface area contributed by atoms with Crippen molar-refractivity contribution in [1.29, 1.82) is 0 Å². The smallest absolute Gasteiger partial charge is 0.184 e. The van der Waals surface area contributed by atoms with Crippen LogP contribution in [0.25, 0.3) is 10.8 Å². The number of thioether (sulfide) groups is 1. The van der Waals surface area contributed by atoms with E-state index in [0.717, 1.165) is 21.4 Å². The number of aliphatic hydroxyl groups excluding tert-OH is 1. The van der Waals surface area contributed by atoms with E-state index in [2.05, 4.69) is 30.3 Å². The number of hydrogen-bond acceptors (Lipinski definition) is 6. The number of aliphatic hydroxyl groups is 1. The second-order valence-electron chi connectivity index (χ2n) is 9.10. The topological polar surface area (TPSA) is 57.2 Å². The fraction of sp³-hybridized carbons (Fsp3) is 0.267. The van der Waals surface area contributed by atoms with Crippen LogP contribution in [-0.4, -0.2) is 41.6 Å². The molecule has 4 aromatic rings. The summed E-state index contributed by atoms with van der Waals surface area (Å²) in [5.41, 5.74) is 1.47. The van der Waals surface area contributed by atoms with Gasteiger partial charge in [0.1, 0.15) is 29.9 Å². The zero-order valence-corrected chi connectivity index (χ0v) is 20.5.